The Morgan fingerprint density at radius 2 is 1.90 bits per heavy atom. The van der Waals surface area contributed by atoms with E-state index in [1.165, 1.54) is 6.92 Å². The molecule has 6 nitrogen and oxygen atoms in total. The first-order chi connectivity index (χ1) is 9.42. The summed E-state index contributed by atoms with van der Waals surface area (Å²) in [6, 6.07) is 1.97. The molecule has 0 aliphatic heterocycles. The molecule has 0 aliphatic carbocycles. The molecule has 0 aliphatic rings. The van der Waals surface area contributed by atoms with Crippen LogP contribution in [0.2, 0.25) is 0 Å². The SMILES string of the molecule is CC(NS(=O)(=O)c1ccc(F)cc1N)C(=O)NC(C)(C)C. The second kappa shape index (κ2) is 5.98. The van der Waals surface area contributed by atoms with Crippen LogP contribution in [0.3, 0.4) is 0 Å². The lowest BCUT2D eigenvalue weighted by atomic mass is 10.1. The number of amides is 1. The second-order valence-electron chi connectivity index (χ2n) is 5.76. The van der Waals surface area contributed by atoms with Gasteiger partial charge in [-0.15, -0.1) is 0 Å². The molecule has 0 aromatic heterocycles. The fourth-order valence-electron chi connectivity index (χ4n) is 1.59. The van der Waals surface area contributed by atoms with Crippen LogP contribution < -0.4 is 15.8 Å². The molecule has 0 heterocycles. The molecule has 1 amide bonds. The number of nitrogens with one attached hydrogen (secondary N) is 2. The van der Waals surface area contributed by atoms with Crippen molar-refractivity contribution in [3.63, 3.8) is 0 Å². The molecule has 1 atom stereocenters. The number of anilines is 1. The molecule has 0 radical (unpaired) electrons. The average Bonchev–Trinajstić information content (AvgIpc) is 2.24. The Kier molecular flexibility index (Phi) is 4.95. The van der Waals surface area contributed by atoms with Crippen molar-refractivity contribution in [2.24, 2.45) is 0 Å². The summed E-state index contributed by atoms with van der Waals surface area (Å²) in [6.45, 7) is 6.76. The standard InChI is InChI=1S/C13H20FN3O3S/c1-8(12(18)16-13(2,3)4)17-21(19,20)11-6-5-9(14)7-10(11)15/h5-8,17H,15H2,1-4H3,(H,16,18). The van der Waals surface area contributed by atoms with Crippen LogP contribution in [0.25, 0.3) is 0 Å². The van der Waals surface area contributed by atoms with Gasteiger partial charge >= 0.3 is 0 Å². The van der Waals surface area contributed by atoms with Gasteiger partial charge in [0.15, 0.2) is 0 Å². The number of rotatable bonds is 4. The van der Waals surface area contributed by atoms with Crippen LogP contribution in [0.5, 0.6) is 0 Å². The predicted octanol–water partition coefficient (Wildman–Crippen LogP) is 0.989. The topological polar surface area (TPSA) is 101 Å². The molecule has 0 fully saturated rings. The van der Waals surface area contributed by atoms with Gasteiger partial charge < -0.3 is 11.1 Å². The highest BCUT2D eigenvalue weighted by molar-refractivity contribution is 7.89. The fraction of sp³-hybridized carbons (Fsp3) is 0.462. The summed E-state index contributed by atoms with van der Waals surface area (Å²) < 4.78 is 39.5. The van der Waals surface area contributed by atoms with Gasteiger partial charge in [0.05, 0.1) is 11.7 Å². The van der Waals surface area contributed by atoms with Gasteiger partial charge in [-0.2, -0.15) is 4.72 Å². The Bertz CT molecular complexity index is 639. The van der Waals surface area contributed by atoms with E-state index in [0.29, 0.717) is 0 Å². The van der Waals surface area contributed by atoms with Crippen LogP contribution in [0.15, 0.2) is 23.1 Å². The Balaban J connectivity index is 2.92. The Labute approximate surface area is 124 Å². The summed E-state index contributed by atoms with van der Waals surface area (Å²) >= 11 is 0. The van der Waals surface area contributed by atoms with Gasteiger partial charge in [0.1, 0.15) is 10.7 Å². The maximum absolute atomic E-state index is 13.0. The third-order valence-corrected chi connectivity index (χ3v) is 4.10. The monoisotopic (exact) mass is 317 g/mol. The quantitative estimate of drug-likeness (QED) is 0.721. The average molecular weight is 317 g/mol. The van der Waals surface area contributed by atoms with Crippen LogP contribution in [0.4, 0.5) is 10.1 Å². The maximum atomic E-state index is 13.0. The zero-order valence-electron chi connectivity index (χ0n) is 12.4. The van der Waals surface area contributed by atoms with Crippen molar-refractivity contribution in [3.8, 4) is 0 Å². The molecule has 1 rings (SSSR count). The molecule has 4 N–H and O–H groups in total. The Hall–Kier alpha value is -1.67. The van der Waals surface area contributed by atoms with E-state index in [-0.39, 0.29) is 10.6 Å². The normalized spacial score (nSPS) is 13.8. The van der Waals surface area contributed by atoms with Gasteiger partial charge in [0.25, 0.3) is 0 Å². The van der Waals surface area contributed by atoms with Gasteiger partial charge in [-0.1, -0.05) is 0 Å². The molecule has 21 heavy (non-hydrogen) atoms. The molecular formula is C13H20FN3O3S. The zero-order valence-corrected chi connectivity index (χ0v) is 13.2. The molecule has 8 heteroatoms. The number of sulfonamides is 1. The largest absolute Gasteiger partial charge is 0.398 e. The lowest BCUT2D eigenvalue weighted by molar-refractivity contribution is -0.123. The summed E-state index contributed by atoms with van der Waals surface area (Å²) in [7, 11) is -4.01. The number of nitrogen functional groups attached to an aromatic ring is 1. The van der Waals surface area contributed by atoms with Crippen molar-refractivity contribution in [3.05, 3.63) is 24.0 Å². The fourth-order valence-corrected chi connectivity index (χ4v) is 2.91. The van der Waals surface area contributed by atoms with Crippen molar-refractivity contribution in [1.82, 2.24) is 10.0 Å². The van der Waals surface area contributed by atoms with Gasteiger partial charge in [-0.05, 0) is 45.9 Å². The first kappa shape index (κ1) is 17.4. The molecule has 0 saturated carbocycles. The third kappa shape index (κ3) is 4.98. The lowest BCUT2D eigenvalue weighted by Crippen LogP contribution is -2.50. The van der Waals surface area contributed by atoms with E-state index in [2.05, 4.69) is 10.0 Å². The van der Waals surface area contributed by atoms with E-state index in [0.717, 1.165) is 18.2 Å². The molecule has 0 spiro atoms. The first-order valence-electron chi connectivity index (χ1n) is 6.32. The number of carbonyl (C=O) groups is 1. The summed E-state index contributed by atoms with van der Waals surface area (Å²) in [4.78, 5) is 11.6. The minimum Gasteiger partial charge on any atom is -0.398 e. The van der Waals surface area contributed by atoms with E-state index in [4.69, 9.17) is 5.73 Å². The molecule has 1 aromatic carbocycles. The van der Waals surface area contributed by atoms with Crippen molar-refractivity contribution in [1.29, 1.82) is 0 Å². The molecule has 0 bridgehead atoms. The molecule has 1 unspecified atom stereocenters. The number of hydrogen-bond acceptors (Lipinski definition) is 4. The maximum Gasteiger partial charge on any atom is 0.243 e. The summed E-state index contributed by atoms with van der Waals surface area (Å²) in [5.41, 5.74) is 4.80. The van der Waals surface area contributed by atoms with Gasteiger partial charge in [-0.25, -0.2) is 12.8 Å². The summed E-state index contributed by atoms with van der Waals surface area (Å²) in [5, 5.41) is 2.66. The number of halogens is 1. The van der Waals surface area contributed by atoms with Crippen LogP contribution >= 0.6 is 0 Å². The van der Waals surface area contributed by atoms with Crippen LogP contribution in [-0.4, -0.2) is 25.9 Å². The van der Waals surface area contributed by atoms with Crippen LogP contribution in [0.1, 0.15) is 27.7 Å². The van der Waals surface area contributed by atoms with E-state index in [1.54, 1.807) is 20.8 Å². The predicted molar refractivity (Wildman–Crippen MR) is 78.5 cm³/mol. The van der Waals surface area contributed by atoms with Crippen LogP contribution in [0, 0.1) is 5.82 Å². The second-order valence-corrected chi connectivity index (χ2v) is 7.45. The van der Waals surface area contributed by atoms with Crippen molar-refractivity contribution in [2.75, 3.05) is 5.73 Å². The summed E-state index contributed by atoms with van der Waals surface area (Å²) in [5.74, 6) is -1.10. The minimum absolute atomic E-state index is 0.217. The van der Waals surface area contributed by atoms with Crippen molar-refractivity contribution < 1.29 is 17.6 Å². The number of nitrogens with two attached hydrogens (primary N) is 1. The highest BCUT2D eigenvalue weighted by Gasteiger charge is 2.26. The molecule has 118 valence electrons. The van der Waals surface area contributed by atoms with E-state index >= 15 is 0 Å². The Morgan fingerprint density at radius 3 is 2.38 bits per heavy atom. The van der Waals surface area contributed by atoms with E-state index < -0.39 is 33.3 Å². The lowest BCUT2D eigenvalue weighted by Gasteiger charge is -2.23. The van der Waals surface area contributed by atoms with Gasteiger partial charge in [0, 0.05) is 5.54 Å². The zero-order chi connectivity index (χ0) is 16.4. The van der Waals surface area contributed by atoms with E-state index in [1.807, 2.05) is 0 Å². The third-order valence-electron chi connectivity index (χ3n) is 2.48. The minimum atomic E-state index is -4.01. The number of hydrogen-bond donors (Lipinski definition) is 3. The summed E-state index contributed by atoms with van der Waals surface area (Å²) in [6.07, 6.45) is 0. The van der Waals surface area contributed by atoms with Crippen LogP contribution in [-0.2, 0) is 14.8 Å². The van der Waals surface area contributed by atoms with E-state index in [9.17, 15) is 17.6 Å². The first-order valence-corrected chi connectivity index (χ1v) is 7.80. The highest BCUT2D eigenvalue weighted by atomic mass is 32.2. The number of benzene rings is 1. The van der Waals surface area contributed by atoms with Crippen molar-refractivity contribution >= 4 is 21.6 Å². The molecule has 0 saturated heterocycles. The number of carbonyl (C=O) groups excluding carboxylic acids is 1. The van der Waals surface area contributed by atoms with Crippen molar-refractivity contribution in [2.45, 2.75) is 44.2 Å². The van der Waals surface area contributed by atoms with Gasteiger partial charge in [-0.3, -0.25) is 4.79 Å². The highest BCUT2D eigenvalue weighted by Crippen LogP contribution is 2.19. The smallest absolute Gasteiger partial charge is 0.243 e. The van der Waals surface area contributed by atoms with Gasteiger partial charge in [0.2, 0.25) is 15.9 Å². The molecule has 1 aromatic rings. The Morgan fingerprint density at radius 1 is 1.33 bits per heavy atom. The molecular weight excluding hydrogens is 297 g/mol.